The fourth-order valence-corrected chi connectivity index (χ4v) is 4.20. The minimum Gasteiger partial charge on any atom is -0.508 e. The average molecular weight is 451 g/mol. The Bertz CT molecular complexity index is 1280. The van der Waals surface area contributed by atoms with Crippen molar-refractivity contribution < 1.29 is 9.90 Å². The topological polar surface area (TPSA) is 94.0 Å². The number of phenols is 1. The lowest BCUT2D eigenvalue weighted by Gasteiger charge is -2.13. The maximum absolute atomic E-state index is 11.6. The number of aromatic hydroxyl groups is 1. The zero-order chi connectivity index (χ0) is 22.7. The highest BCUT2D eigenvalue weighted by Gasteiger charge is 2.18. The standard InChI is InChI=1S/C25H27ClN4O2/c1-2-3-8-22-29-23-24(19-6-4-5-7-20(19)28-25(23)27)30(22)15-16-9-12-21(32)17(13-16)10-11-18(31)14-26/h4-7,9,12-13,32H,2-3,8,10-11,14-15H2,1H3,(H2,27,28). The van der Waals surface area contributed by atoms with Gasteiger partial charge in [-0.2, -0.15) is 0 Å². The summed E-state index contributed by atoms with van der Waals surface area (Å²) in [5, 5.41) is 11.3. The fourth-order valence-electron chi connectivity index (χ4n) is 4.06. The van der Waals surface area contributed by atoms with E-state index in [0.29, 0.717) is 25.2 Å². The number of aryl methyl sites for hydroxylation is 2. The number of nitrogen functional groups attached to an aromatic ring is 1. The van der Waals surface area contributed by atoms with Gasteiger partial charge in [0.2, 0.25) is 0 Å². The summed E-state index contributed by atoms with van der Waals surface area (Å²) in [5.41, 5.74) is 10.6. The highest BCUT2D eigenvalue weighted by atomic mass is 35.5. The van der Waals surface area contributed by atoms with Crippen molar-refractivity contribution in [3.63, 3.8) is 0 Å². The molecule has 0 spiro atoms. The molecule has 7 heteroatoms. The second-order valence-corrected chi connectivity index (χ2v) is 8.33. The SMILES string of the molecule is CCCCc1nc2c(N)nc3ccccc3c2n1Cc1ccc(O)c(CCC(=O)CCl)c1. The normalized spacial score (nSPS) is 11.4. The minimum atomic E-state index is -0.0339. The molecule has 0 bridgehead atoms. The Morgan fingerprint density at radius 3 is 2.75 bits per heavy atom. The molecule has 4 aromatic rings. The van der Waals surface area contributed by atoms with Crippen LogP contribution in [0.2, 0.25) is 0 Å². The lowest BCUT2D eigenvalue weighted by molar-refractivity contribution is -0.116. The number of aromatic nitrogens is 3. The van der Waals surface area contributed by atoms with E-state index >= 15 is 0 Å². The van der Waals surface area contributed by atoms with E-state index < -0.39 is 0 Å². The molecule has 0 aliphatic rings. The number of fused-ring (bicyclic) bond motifs is 3. The van der Waals surface area contributed by atoms with Crippen LogP contribution in [-0.4, -0.2) is 31.3 Å². The van der Waals surface area contributed by atoms with Crippen molar-refractivity contribution >= 4 is 45.1 Å². The Labute approximate surface area is 192 Å². The van der Waals surface area contributed by atoms with Gasteiger partial charge in [0.25, 0.3) is 0 Å². The smallest absolute Gasteiger partial charge is 0.152 e. The Morgan fingerprint density at radius 1 is 1.16 bits per heavy atom. The number of anilines is 1. The molecule has 2 heterocycles. The molecule has 6 nitrogen and oxygen atoms in total. The van der Waals surface area contributed by atoms with Gasteiger partial charge in [-0.1, -0.05) is 43.7 Å². The van der Waals surface area contributed by atoms with Crippen LogP contribution in [0.1, 0.15) is 43.1 Å². The summed E-state index contributed by atoms with van der Waals surface area (Å²) in [6.45, 7) is 2.74. The predicted octanol–water partition coefficient (Wildman–Crippen LogP) is 5.00. The molecule has 0 unspecified atom stereocenters. The van der Waals surface area contributed by atoms with Gasteiger partial charge in [0.15, 0.2) is 5.82 Å². The third-order valence-electron chi connectivity index (χ3n) is 5.75. The van der Waals surface area contributed by atoms with Gasteiger partial charge >= 0.3 is 0 Å². The number of phenolic OH excluding ortho intramolecular Hbond substituents is 1. The molecular weight excluding hydrogens is 424 g/mol. The summed E-state index contributed by atoms with van der Waals surface area (Å²) in [6.07, 6.45) is 3.70. The number of unbranched alkanes of at least 4 members (excludes halogenated alkanes) is 1. The number of carbonyl (C=O) groups excluding carboxylic acids is 1. The number of pyridine rings is 1. The van der Waals surface area contributed by atoms with E-state index in [1.807, 2.05) is 36.4 Å². The largest absolute Gasteiger partial charge is 0.508 e. The van der Waals surface area contributed by atoms with Crippen molar-refractivity contribution in [2.24, 2.45) is 0 Å². The zero-order valence-electron chi connectivity index (χ0n) is 18.1. The summed E-state index contributed by atoms with van der Waals surface area (Å²) < 4.78 is 2.21. The molecule has 3 N–H and O–H groups in total. The van der Waals surface area contributed by atoms with Gasteiger partial charge in [0.05, 0.1) is 16.9 Å². The number of rotatable bonds is 9. The van der Waals surface area contributed by atoms with Crippen LogP contribution in [0.5, 0.6) is 5.75 Å². The average Bonchev–Trinajstić information content (AvgIpc) is 3.16. The minimum absolute atomic E-state index is 0.00913. The molecule has 0 amide bonds. The number of imidazole rings is 1. The number of hydrogen-bond acceptors (Lipinski definition) is 5. The quantitative estimate of drug-likeness (QED) is 0.350. The van der Waals surface area contributed by atoms with E-state index in [2.05, 4.69) is 16.5 Å². The summed E-state index contributed by atoms with van der Waals surface area (Å²) in [7, 11) is 0. The number of nitrogens with two attached hydrogens (primary N) is 1. The molecule has 32 heavy (non-hydrogen) atoms. The molecule has 0 atom stereocenters. The van der Waals surface area contributed by atoms with Crippen molar-refractivity contribution in [3.05, 3.63) is 59.4 Å². The first-order valence-electron chi connectivity index (χ1n) is 10.9. The third-order valence-corrected chi connectivity index (χ3v) is 6.05. The highest BCUT2D eigenvalue weighted by Crippen LogP contribution is 2.30. The lowest BCUT2D eigenvalue weighted by atomic mass is 10.0. The molecule has 0 aliphatic heterocycles. The number of ketones is 1. The molecular formula is C25H27ClN4O2. The lowest BCUT2D eigenvalue weighted by Crippen LogP contribution is -2.07. The molecule has 2 aromatic carbocycles. The monoisotopic (exact) mass is 450 g/mol. The predicted molar refractivity (Wildman–Crippen MR) is 129 cm³/mol. The van der Waals surface area contributed by atoms with Gasteiger partial charge < -0.3 is 15.4 Å². The van der Waals surface area contributed by atoms with E-state index in [-0.39, 0.29) is 17.4 Å². The molecule has 0 saturated carbocycles. The van der Waals surface area contributed by atoms with Gasteiger partial charge in [0, 0.05) is 24.8 Å². The van der Waals surface area contributed by atoms with Crippen molar-refractivity contribution in [3.8, 4) is 5.75 Å². The number of nitrogens with zero attached hydrogens (tertiary/aromatic N) is 3. The number of hydrogen-bond donors (Lipinski definition) is 2. The van der Waals surface area contributed by atoms with Crippen molar-refractivity contribution in [2.45, 2.75) is 45.6 Å². The molecule has 0 saturated heterocycles. The van der Waals surface area contributed by atoms with E-state index in [1.54, 1.807) is 6.07 Å². The Morgan fingerprint density at radius 2 is 1.97 bits per heavy atom. The molecule has 0 aliphatic carbocycles. The number of benzene rings is 2. The number of alkyl halides is 1. The van der Waals surface area contributed by atoms with Crippen molar-refractivity contribution in [2.75, 3.05) is 11.6 Å². The van der Waals surface area contributed by atoms with Gasteiger partial charge in [-0.05, 0) is 36.1 Å². The number of halogens is 1. The highest BCUT2D eigenvalue weighted by molar-refractivity contribution is 6.27. The summed E-state index contributed by atoms with van der Waals surface area (Å²) >= 11 is 5.62. The van der Waals surface area contributed by atoms with E-state index in [4.69, 9.17) is 22.3 Å². The number of para-hydroxylation sites is 1. The number of carbonyl (C=O) groups is 1. The maximum atomic E-state index is 11.6. The summed E-state index contributed by atoms with van der Waals surface area (Å²) in [6, 6.07) is 13.5. The van der Waals surface area contributed by atoms with Crippen LogP contribution in [0, 0.1) is 0 Å². The summed E-state index contributed by atoms with van der Waals surface area (Å²) in [5.74, 6) is 1.55. The van der Waals surface area contributed by atoms with Crippen LogP contribution < -0.4 is 5.73 Å². The molecule has 0 fully saturated rings. The van der Waals surface area contributed by atoms with Crippen LogP contribution in [0.25, 0.3) is 21.9 Å². The van der Waals surface area contributed by atoms with Gasteiger partial charge in [-0.25, -0.2) is 9.97 Å². The molecule has 166 valence electrons. The van der Waals surface area contributed by atoms with E-state index in [9.17, 15) is 9.90 Å². The second kappa shape index (κ2) is 9.57. The zero-order valence-corrected chi connectivity index (χ0v) is 18.9. The fraction of sp³-hybridized carbons (Fsp3) is 0.320. The first kappa shape index (κ1) is 22.1. The molecule has 4 rings (SSSR count). The Balaban J connectivity index is 1.80. The third kappa shape index (κ3) is 4.41. The number of Topliss-reactive ketones (excluding diaryl/α,β-unsaturated/α-hetero) is 1. The van der Waals surface area contributed by atoms with E-state index in [0.717, 1.165) is 58.2 Å². The van der Waals surface area contributed by atoms with Crippen LogP contribution in [-0.2, 0) is 24.2 Å². The molecule has 2 aromatic heterocycles. The molecule has 0 radical (unpaired) electrons. The Kier molecular flexibility index (Phi) is 6.61. The van der Waals surface area contributed by atoms with Crippen LogP contribution >= 0.6 is 11.6 Å². The summed E-state index contributed by atoms with van der Waals surface area (Å²) in [4.78, 5) is 21.1. The van der Waals surface area contributed by atoms with Gasteiger partial charge in [0.1, 0.15) is 22.9 Å². The van der Waals surface area contributed by atoms with Crippen molar-refractivity contribution in [1.82, 2.24) is 14.5 Å². The van der Waals surface area contributed by atoms with Crippen LogP contribution in [0.15, 0.2) is 42.5 Å². The van der Waals surface area contributed by atoms with Crippen LogP contribution in [0.3, 0.4) is 0 Å². The van der Waals surface area contributed by atoms with Gasteiger partial charge in [-0.15, -0.1) is 11.6 Å². The van der Waals surface area contributed by atoms with Gasteiger partial charge in [-0.3, -0.25) is 4.79 Å². The first-order valence-corrected chi connectivity index (χ1v) is 11.5. The Hall–Kier alpha value is -3.12. The second-order valence-electron chi connectivity index (χ2n) is 8.06. The first-order chi connectivity index (χ1) is 15.5. The van der Waals surface area contributed by atoms with E-state index in [1.165, 1.54) is 0 Å². The maximum Gasteiger partial charge on any atom is 0.152 e. The van der Waals surface area contributed by atoms with Crippen molar-refractivity contribution in [1.29, 1.82) is 0 Å². The van der Waals surface area contributed by atoms with Crippen LogP contribution in [0.4, 0.5) is 5.82 Å².